The summed E-state index contributed by atoms with van der Waals surface area (Å²) in [5, 5.41) is 3.66. The van der Waals surface area contributed by atoms with Gasteiger partial charge in [0.25, 0.3) is 5.91 Å². The number of benzene rings is 1. The Morgan fingerprint density at radius 1 is 1.40 bits per heavy atom. The summed E-state index contributed by atoms with van der Waals surface area (Å²) < 4.78 is 23.0. The highest BCUT2D eigenvalue weighted by atomic mass is 19.1. The largest absolute Gasteiger partial charge is 0.492 e. The van der Waals surface area contributed by atoms with Gasteiger partial charge in [-0.2, -0.15) is 0 Å². The molecule has 1 aromatic heterocycles. The Bertz CT molecular complexity index is 580. The van der Waals surface area contributed by atoms with Crippen molar-refractivity contribution >= 4 is 5.91 Å². The van der Waals surface area contributed by atoms with E-state index in [0.29, 0.717) is 24.7 Å². The van der Waals surface area contributed by atoms with Gasteiger partial charge < -0.3 is 14.2 Å². The molecule has 0 aliphatic heterocycles. The minimum Gasteiger partial charge on any atom is -0.492 e. The molecule has 0 saturated carbocycles. The lowest BCUT2D eigenvalue weighted by atomic mass is 10.3. The van der Waals surface area contributed by atoms with E-state index in [4.69, 9.17) is 9.26 Å². The van der Waals surface area contributed by atoms with Crippen LogP contribution in [0.2, 0.25) is 0 Å². The van der Waals surface area contributed by atoms with Crippen molar-refractivity contribution in [3.05, 3.63) is 47.6 Å². The molecular formula is C14H15FN2O3. The van der Waals surface area contributed by atoms with Crippen LogP contribution in [-0.2, 0) is 0 Å². The minimum atomic E-state index is -0.314. The normalized spacial score (nSPS) is 10.3. The maximum absolute atomic E-state index is 12.7. The summed E-state index contributed by atoms with van der Waals surface area (Å²) in [5.41, 5.74) is 0.270. The standard InChI is InChI=1S/C14H15FN2O3/c1-10-9-13(16-20-10)14(18)17(2)7-8-19-12-5-3-11(15)4-6-12/h3-6,9H,7-8H2,1-2H3. The summed E-state index contributed by atoms with van der Waals surface area (Å²) >= 11 is 0. The van der Waals surface area contributed by atoms with Crippen LogP contribution in [0.25, 0.3) is 0 Å². The van der Waals surface area contributed by atoms with E-state index < -0.39 is 0 Å². The van der Waals surface area contributed by atoms with Crippen molar-refractivity contribution in [3.63, 3.8) is 0 Å². The molecule has 0 atom stereocenters. The minimum absolute atomic E-state index is 0.232. The lowest BCUT2D eigenvalue weighted by molar-refractivity contribution is 0.0763. The van der Waals surface area contributed by atoms with Crippen molar-refractivity contribution < 1.29 is 18.4 Å². The first-order chi connectivity index (χ1) is 9.56. The van der Waals surface area contributed by atoms with Crippen molar-refractivity contribution in [1.29, 1.82) is 0 Å². The van der Waals surface area contributed by atoms with E-state index in [1.807, 2.05) is 0 Å². The summed E-state index contributed by atoms with van der Waals surface area (Å²) in [6.07, 6.45) is 0. The van der Waals surface area contributed by atoms with Gasteiger partial charge in [0.15, 0.2) is 5.69 Å². The first kappa shape index (κ1) is 14.0. The lowest BCUT2D eigenvalue weighted by Crippen LogP contribution is -2.31. The third kappa shape index (κ3) is 3.57. The monoisotopic (exact) mass is 278 g/mol. The second kappa shape index (κ2) is 6.18. The van der Waals surface area contributed by atoms with Crippen LogP contribution in [-0.4, -0.2) is 36.2 Å². The molecule has 5 nitrogen and oxygen atoms in total. The number of aryl methyl sites for hydroxylation is 1. The first-order valence-corrected chi connectivity index (χ1v) is 6.13. The Kier molecular flexibility index (Phi) is 4.34. The number of amides is 1. The predicted molar refractivity (Wildman–Crippen MR) is 70.1 cm³/mol. The van der Waals surface area contributed by atoms with Gasteiger partial charge in [0.2, 0.25) is 0 Å². The van der Waals surface area contributed by atoms with Gasteiger partial charge in [0.1, 0.15) is 23.9 Å². The molecule has 1 aromatic carbocycles. The van der Waals surface area contributed by atoms with Gasteiger partial charge in [0, 0.05) is 13.1 Å². The quantitative estimate of drug-likeness (QED) is 0.842. The predicted octanol–water partition coefficient (Wildman–Crippen LogP) is 2.27. The van der Waals surface area contributed by atoms with Gasteiger partial charge in [-0.05, 0) is 31.2 Å². The van der Waals surface area contributed by atoms with E-state index in [0.717, 1.165) is 0 Å². The Labute approximate surface area is 115 Å². The zero-order valence-electron chi connectivity index (χ0n) is 11.3. The van der Waals surface area contributed by atoms with Crippen LogP contribution in [0.4, 0.5) is 4.39 Å². The number of nitrogens with zero attached hydrogens (tertiary/aromatic N) is 2. The van der Waals surface area contributed by atoms with Crippen LogP contribution >= 0.6 is 0 Å². The number of hydrogen-bond donors (Lipinski definition) is 0. The Hall–Kier alpha value is -2.37. The molecule has 2 rings (SSSR count). The first-order valence-electron chi connectivity index (χ1n) is 6.13. The zero-order valence-corrected chi connectivity index (χ0v) is 11.3. The van der Waals surface area contributed by atoms with Gasteiger partial charge in [-0.1, -0.05) is 5.16 Å². The maximum Gasteiger partial charge on any atom is 0.275 e. The third-order valence-electron chi connectivity index (χ3n) is 2.70. The summed E-state index contributed by atoms with van der Waals surface area (Å²) in [6, 6.07) is 7.31. The molecule has 1 amide bonds. The number of hydrogen-bond acceptors (Lipinski definition) is 4. The fourth-order valence-electron chi connectivity index (χ4n) is 1.60. The van der Waals surface area contributed by atoms with E-state index in [-0.39, 0.29) is 17.4 Å². The fraction of sp³-hybridized carbons (Fsp3) is 0.286. The SMILES string of the molecule is Cc1cc(C(=O)N(C)CCOc2ccc(F)cc2)no1. The van der Waals surface area contributed by atoms with Crippen LogP contribution in [0.1, 0.15) is 16.2 Å². The number of halogens is 1. The van der Waals surface area contributed by atoms with Crippen molar-refractivity contribution in [3.8, 4) is 5.75 Å². The van der Waals surface area contributed by atoms with Gasteiger partial charge in [0.05, 0.1) is 6.54 Å². The number of carbonyl (C=O) groups excluding carboxylic acids is 1. The average Bonchev–Trinajstić information content (AvgIpc) is 2.86. The lowest BCUT2D eigenvalue weighted by Gasteiger charge is -2.15. The molecule has 6 heteroatoms. The van der Waals surface area contributed by atoms with Crippen molar-refractivity contribution in [2.24, 2.45) is 0 Å². The molecule has 0 radical (unpaired) electrons. The number of carbonyl (C=O) groups is 1. The third-order valence-corrected chi connectivity index (χ3v) is 2.70. The molecule has 0 aliphatic carbocycles. The van der Waals surface area contributed by atoms with Crippen LogP contribution in [0.15, 0.2) is 34.9 Å². The summed E-state index contributed by atoms with van der Waals surface area (Å²) in [7, 11) is 1.65. The van der Waals surface area contributed by atoms with Crippen LogP contribution in [0.3, 0.4) is 0 Å². The number of aromatic nitrogens is 1. The van der Waals surface area contributed by atoms with Gasteiger partial charge in [-0.3, -0.25) is 4.79 Å². The van der Waals surface area contributed by atoms with Crippen molar-refractivity contribution in [2.75, 3.05) is 20.2 Å². The van der Waals surface area contributed by atoms with E-state index in [9.17, 15) is 9.18 Å². The van der Waals surface area contributed by atoms with E-state index in [1.165, 1.54) is 29.2 Å². The van der Waals surface area contributed by atoms with Crippen LogP contribution in [0.5, 0.6) is 5.75 Å². The Morgan fingerprint density at radius 3 is 2.70 bits per heavy atom. The smallest absolute Gasteiger partial charge is 0.275 e. The highest BCUT2D eigenvalue weighted by Crippen LogP contribution is 2.11. The molecule has 0 fully saturated rings. The highest BCUT2D eigenvalue weighted by molar-refractivity contribution is 5.92. The molecule has 0 N–H and O–H groups in total. The van der Waals surface area contributed by atoms with Crippen molar-refractivity contribution in [2.45, 2.75) is 6.92 Å². The Morgan fingerprint density at radius 2 is 2.10 bits per heavy atom. The molecule has 0 bridgehead atoms. The molecule has 0 aliphatic rings. The zero-order chi connectivity index (χ0) is 14.5. The number of rotatable bonds is 5. The molecule has 2 aromatic rings. The highest BCUT2D eigenvalue weighted by Gasteiger charge is 2.15. The van der Waals surface area contributed by atoms with E-state index in [1.54, 1.807) is 20.0 Å². The van der Waals surface area contributed by atoms with E-state index in [2.05, 4.69) is 5.16 Å². The molecule has 0 unspecified atom stereocenters. The van der Waals surface area contributed by atoms with Gasteiger partial charge >= 0.3 is 0 Å². The van der Waals surface area contributed by atoms with Crippen LogP contribution in [0, 0.1) is 12.7 Å². The topological polar surface area (TPSA) is 55.6 Å². The molecule has 20 heavy (non-hydrogen) atoms. The number of ether oxygens (including phenoxy) is 1. The fourth-order valence-corrected chi connectivity index (χ4v) is 1.60. The van der Waals surface area contributed by atoms with Crippen molar-refractivity contribution in [1.82, 2.24) is 10.1 Å². The Balaban J connectivity index is 1.81. The molecular weight excluding hydrogens is 263 g/mol. The second-order valence-electron chi connectivity index (χ2n) is 4.35. The average molecular weight is 278 g/mol. The molecule has 1 heterocycles. The second-order valence-corrected chi connectivity index (χ2v) is 4.35. The van der Waals surface area contributed by atoms with Crippen LogP contribution < -0.4 is 4.74 Å². The summed E-state index contributed by atoms with van der Waals surface area (Å²) in [4.78, 5) is 13.4. The maximum atomic E-state index is 12.7. The molecule has 106 valence electrons. The molecule has 0 spiro atoms. The summed E-state index contributed by atoms with van der Waals surface area (Å²) in [6.45, 7) is 2.42. The number of likely N-dealkylation sites (N-methyl/N-ethyl adjacent to an activating group) is 1. The molecule has 0 saturated heterocycles. The van der Waals surface area contributed by atoms with Gasteiger partial charge in [-0.25, -0.2) is 4.39 Å². The van der Waals surface area contributed by atoms with Gasteiger partial charge in [-0.15, -0.1) is 0 Å². The van der Waals surface area contributed by atoms with E-state index >= 15 is 0 Å². The summed E-state index contributed by atoms with van der Waals surface area (Å²) in [5.74, 6) is 0.601.